The Morgan fingerprint density at radius 3 is 2.70 bits per heavy atom. The van der Waals surface area contributed by atoms with Gasteiger partial charge in [0, 0.05) is 25.7 Å². The molecule has 2 fully saturated rings. The van der Waals surface area contributed by atoms with Crippen LogP contribution in [0, 0.1) is 5.92 Å². The van der Waals surface area contributed by atoms with E-state index in [1.807, 2.05) is 0 Å². The molecule has 0 amide bonds. The quantitative estimate of drug-likeness (QED) is 0.908. The normalized spacial score (nSPS) is 21.7. The molecule has 23 heavy (non-hydrogen) atoms. The maximum Gasteiger partial charge on any atom is 0.182 e. The van der Waals surface area contributed by atoms with Crippen LogP contribution < -0.4 is 5.32 Å². The first-order valence-electron chi connectivity index (χ1n) is 9.01. The van der Waals surface area contributed by atoms with Gasteiger partial charge in [-0.3, -0.25) is 0 Å². The second kappa shape index (κ2) is 6.83. The zero-order valence-corrected chi connectivity index (χ0v) is 13.7. The van der Waals surface area contributed by atoms with Crippen LogP contribution in [0.25, 0.3) is 11.2 Å². The van der Waals surface area contributed by atoms with Crippen molar-refractivity contribution < 1.29 is 0 Å². The summed E-state index contributed by atoms with van der Waals surface area (Å²) in [6.45, 7) is 3.71. The van der Waals surface area contributed by atoms with Gasteiger partial charge < -0.3 is 15.2 Å². The van der Waals surface area contributed by atoms with Crippen molar-refractivity contribution in [3.8, 4) is 0 Å². The van der Waals surface area contributed by atoms with Crippen molar-refractivity contribution in [1.29, 1.82) is 0 Å². The van der Waals surface area contributed by atoms with Crippen molar-refractivity contribution >= 4 is 17.0 Å². The van der Waals surface area contributed by atoms with Crippen LogP contribution in [-0.4, -0.2) is 50.5 Å². The number of H-pyrrole nitrogens is 1. The van der Waals surface area contributed by atoms with E-state index in [9.17, 15) is 0 Å². The lowest BCUT2D eigenvalue weighted by molar-refractivity contribution is 0.168. The van der Waals surface area contributed by atoms with Gasteiger partial charge in [0.05, 0.1) is 6.33 Å². The summed E-state index contributed by atoms with van der Waals surface area (Å²) >= 11 is 0. The topological polar surface area (TPSA) is 69.7 Å². The molecule has 0 radical (unpaired) electrons. The van der Waals surface area contributed by atoms with Gasteiger partial charge in [-0.2, -0.15) is 0 Å². The molecule has 1 aliphatic heterocycles. The molecular formula is C17H26N6. The van der Waals surface area contributed by atoms with Crippen LogP contribution in [0.2, 0.25) is 0 Å². The fourth-order valence-electron chi connectivity index (χ4n) is 4.06. The molecule has 0 unspecified atom stereocenters. The van der Waals surface area contributed by atoms with Gasteiger partial charge in [0.25, 0.3) is 0 Å². The summed E-state index contributed by atoms with van der Waals surface area (Å²) in [5.74, 6) is 1.83. The Hall–Kier alpha value is -1.69. The third-order valence-corrected chi connectivity index (χ3v) is 5.39. The predicted molar refractivity (Wildman–Crippen MR) is 91.3 cm³/mol. The molecule has 0 bridgehead atoms. The smallest absolute Gasteiger partial charge is 0.182 e. The molecule has 124 valence electrons. The summed E-state index contributed by atoms with van der Waals surface area (Å²) in [5.41, 5.74) is 1.65. The van der Waals surface area contributed by atoms with Gasteiger partial charge in [0.1, 0.15) is 11.8 Å². The Morgan fingerprint density at radius 1 is 1.04 bits per heavy atom. The van der Waals surface area contributed by atoms with Crippen LogP contribution in [0.15, 0.2) is 12.7 Å². The fourth-order valence-corrected chi connectivity index (χ4v) is 4.06. The fraction of sp³-hybridized carbons (Fsp3) is 0.706. The molecule has 1 saturated carbocycles. The molecule has 1 saturated heterocycles. The number of anilines is 1. The average molecular weight is 314 g/mol. The minimum Gasteiger partial charge on any atom is -0.365 e. The number of likely N-dealkylation sites (tertiary alicyclic amines) is 1. The van der Waals surface area contributed by atoms with E-state index in [1.165, 1.54) is 64.6 Å². The zero-order chi connectivity index (χ0) is 15.5. The van der Waals surface area contributed by atoms with E-state index >= 15 is 0 Å². The lowest BCUT2D eigenvalue weighted by atomic mass is 9.88. The van der Waals surface area contributed by atoms with Crippen LogP contribution in [-0.2, 0) is 0 Å². The van der Waals surface area contributed by atoms with Gasteiger partial charge in [-0.1, -0.05) is 19.3 Å². The minimum atomic E-state index is 0.499. The summed E-state index contributed by atoms with van der Waals surface area (Å²) in [6, 6.07) is 0.499. The molecule has 1 aliphatic carbocycles. The van der Waals surface area contributed by atoms with E-state index in [0.29, 0.717) is 6.04 Å². The molecule has 6 heteroatoms. The summed E-state index contributed by atoms with van der Waals surface area (Å²) in [7, 11) is 0. The summed E-state index contributed by atoms with van der Waals surface area (Å²) in [5, 5.41) is 3.59. The monoisotopic (exact) mass is 314 g/mol. The molecule has 3 heterocycles. The number of aromatic nitrogens is 4. The number of aromatic amines is 1. The molecule has 0 aromatic carbocycles. The van der Waals surface area contributed by atoms with E-state index in [2.05, 4.69) is 30.2 Å². The maximum absolute atomic E-state index is 4.38. The van der Waals surface area contributed by atoms with Crippen LogP contribution in [0.4, 0.5) is 5.82 Å². The Labute approximate surface area is 137 Å². The van der Waals surface area contributed by atoms with Crippen molar-refractivity contribution in [3.05, 3.63) is 12.7 Å². The molecule has 2 aliphatic rings. The van der Waals surface area contributed by atoms with Gasteiger partial charge >= 0.3 is 0 Å². The minimum absolute atomic E-state index is 0.499. The first kappa shape index (κ1) is 14.9. The number of rotatable bonds is 4. The second-order valence-electron chi connectivity index (χ2n) is 7.05. The van der Waals surface area contributed by atoms with Crippen molar-refractivity contribution in [1.82, 2.24) is 24.8 Å². The number of nitrogens with zero attached hydrogens (tertiary/aromatic N) is 4. The maximum atomic E-state index is 4.38. The Kier molecular flexibility index (Phi) is 4.41. The Bertz CT molecular complexity index is 625. The van der Waals surface area contributed by atoms with Crippen LogP contribution in [0.1, 0.15) is 44.9 Å². The molecular weight excluding hydrogens is 288 g/mol. The van der Waals surface area contributed by atoms with E-state index in [0.717, 1.165) is 22.9 Å². The van der Waals surface area contributed by atoms with Crippen LogP contribution in [0.5, 0.6) is 0 Å². The number of hydrogen-bond acceptors (Lipinski definition) is 5. The van der Waals surface area contributed by atoms with E-state index in [-0.39, 0.29) is 0 Å². The molecule has 0 spiro atoms. The first-order valence-corrected chi connectivity index (χ1v) is 9.01. The third-order valence-electron chi connectivity index (χ3n) is 5.39. The van der Waals surface area contributed by atoms with Gasteiger partial charge in [-0.25, -0.2) is 15.0 Å². The van der Waals surface area contributed by atoms with Crippen molar-refractivity contribution in [2.45, 2.75) is 51.0 Å². The number of nitrogens with one attached hydrogen (secondary N) is 2. The molecule has 4 rings (SSSR count). The number of piperidine rings is 1. The highest BCUT2D eigenvalue weighted by atomic mass is 15.2. The third kappa shape index (κ3) is 3.47. The Balaban J connectivity index is 1.30. The molecule has 2 aromatic rings. The Morgan fingerprint density at radius 2 is 1.87 bits per heavy atom. The van der Waals surface area contributed by atoms with Crippen LogP contribution in [0.3, 0.4) is 0 Å². The summed E-state index contributed by atoms with van der Waals surface area (Å²) in [4.78, 5) is 18.5. The van der Waals surface area contributed by atoms with Gasteiger partial charge in [0.2, 0.25) is 0 Å². The van der Waals surface area contributed by atoms with E-state index in [1.54, 1.807) is 12.7 Å². The van der Waals surface area contributed by atoms with Gasteiger partial charge in [0.15, 0.2) is 11.5 Å². The molecule has 2 aromatic heterocycles. The SMILES string of the molecule is c1nc(NC2CCN(CC3CCCCC3)CC2)c2[nH]cnc2n1. The number of fused-ring (bicyclic) bond motifs is 1. The van der Waals surface area contributed by atoms with Gasteiger partial charge in [-0.15, -0.1) is 0 Å². The molecule has 2 N–H and O–H groups in total. The lowest BCUT2D eigenvalue weighted by Gasteiger charge is -2.35. The highest BCUT2D eigenvalue weighted by Gasteiger charge is 2.23. The standard InChI is InChI=1S/C17H26N6/c1-2-4-13(5-3-1)10-23-8-6-14(7-9-23)22-17-15-16(19-11-18-15)20-12-21-17/h11-14H,1-10H2,(H2,18,19,20,21,22). The number of imidazole rings is 1. The summed E-state index contributed by atoms with van der Waals surface area (Å²) < 4.78 is 0. The average Bonchev–Trinajstić information content (AvgIpc) is 3.07. The lowest BCUT2D eigenvalue weighted by Crippen LogP contribution is -2.41. The predicted octanol–water partition coefficient (Wildman–Crippen LogP) is 2.81. The van der Waals surface area contributed by atoms with E-state index in [4.69, 9.17) is 0 Å². The largest absolute Gasteiger partial charge is 0.365 e. The summed E-state index contributed by atoms with van der Waals surface area (Å²) in [6.07, 6.45) is 12.9. The highest BCUT2D eigenvalue weighted by Crippen LogP contribution is 2.26. The highest BCUT2D eigenvalue weighted by molar-refractivity contribution is 5.82. The number of hydrogen-bond donors (Lipinski definition) is 2. The molecule has 6 nitrogen and oxygen atoms in total. The van der Waals surface area contributed by atoms with Crippen LogP contribution >= 0.6 is 0 Å². The van der Waals surface area contributed by atoms with Crippen molar-refractivity contribution in [3.63, 3.8) is 0 Å². The van der Waals surface area contributed by atoms with E-state index < -0.39 is 0 Å². The first-order chi connectivity index (χ1) is 11.4. The van der Waals surface area contributed by atoms with Crippen molar-refractivity contribution in [2.75, 3.05) is 25.0 Å². The van der Waals surface area contributed by atoms with Crippen molar-refractivity contribution in [2.24, 2.45) is 5.92 Å². The zero-order valence-electron chi connectivity index (χ0n) is 13.7. The second-order valence-corrected chi connectivity index (χ2v) is 7.05. The molecule has 0 atom stereocenters. The van der Waals surface area contributed by atoms with Gasteiger partial charge in [-0.05, 0) is 31.6 Å².